The van der Waals surface area contributed by atoms with Crippen LogP contribution in [0.1, 0.15) is 27.7 Å². The first-order chi connectivity index (χ1) is 23.3. The highest BCUT2D eigenvalue weighted by Gasteiger charge is 2.53. The van der Waals surface area contributed by atoms with E-state index < -0.39 is 72.4 Å². The van der Waals surface area contributed by atoms with Crippen molar-refractivity contribution in [1.82, 2.24) is 0 Å². The van der Waals surface area contributed by atoms with E-state index in [2.05, 4.69) is 0 Å². The smallest absolute Gasteiger partial charge is 0.303 e. The molecule has 1 saturated heterocycles. The molecule has 16 nitrogen and oxygen atoms in total. The van der Waals surface area contributed by atoms with Gasteiger partial charge in [-0.1, -0.05) is 0 Å². The van der Waals surface area contributed by atoms with Gasteiger partial charge in [0.05, 0.1) is 28.4 Å². The van der Waals surface area contributed by atoms with E-state index in [4.69, 9.17) is 51.8 Å². The molecule has 0 saturated carbocycles. The molecule has 2 aromatic carbocycles. The topological polar surface area (TPSA) is 191 Å². The van der Waals surface area contributed by atoms with Crippen molar-refractivity contribution in [1.29, 1.82) is 0 Å². The first kappa shape index (κ1) is 36.3. The second kappa shape index (κ2) is 15.6. The largest absolute Gasteiger partial charge is 0.496 e. The maximum Gasteiger partial charge on any atom is 0.303 e. The summed E-state index contributed by atoms with van der Waals surface area (Å²) < 4.78 is 61.8. The molecule has 3 aromatic rings. The number of carbonyl (C=O) groups excluding carboxylic acids is 4. The molecule has 1 fully saturated rings. The molecule has 0 bridgehead atoms. The van der Waals surface area contributed by atoms with E-state index in [9.17, 15) is 24.0 Å². The molecule has 0 spiro atoms. The lowest BCUT2D eigenvalue weighted by molar-refractivity contribution is -0.288. The first-order valence-electron chi connectivity index (χ1n) is 14.7. The third kappa shape index (κ3) is 8.14. The van der Waals surface area contributed by atoms with Gasteiger partial charge in [0.2, 0.25) is 23.6 Å². The lowest BCUT2D eigenvalue weighted by atomic mass is 9.98. The van der Waals surface area contributed by atoms with Gasteiger partial charge in [0.1, 0.15) is 35.2 Å². The Hall–Kier alpha value is -5.51. The molecule has 0 radical (unpaired) electrons. The van der Waals surface area contributed by atoms with E-state index in [-0.39, 0.29) is 33.8 Å². The molecule has 2 heterocycles. The number of esters is 4. The lowest BCUT2D eigenvalue weighted by Crippen LogP contribution is -2.63. The van der Waals surface area contributed by atoms with Crippen LogP contribution in [0.4, 0.5) is 0 Å². The summed E-state index contributed by atoms with van der Waals surface area (Å²) >= 11 is 0. The van der Waals surface area contributed by atoms with Gasteiger partial charge in [-0.15, -0.1) is 0 Å². The Morgan fingerprint density at radius 2 is 1.31 bits per heavy atom. The van der Waals surface area contributed by atoms with Crippen molar-refractivity contribution < 1.29 is 71.0 Å². The molecule has 1 aromatic heterocycles. The zero-order chi connectivity index (χ0) is 36.0. The fourth-order valence-electron chi connectivity index (χ4n) is 5.20. The number of methoxy groups -OCH3 is 4. The summed E-state index contributed by atoms with van der Waals surface area (Å²) in [5.74, 6) is -2.77. The van der Waals surface area contributed by atoms with Crippen LogP contribution < -0.4 is 29.1 Å². The van der Waals surface area contributed by atoms with Gasteiger partial charge >= 0.3 is 23.9 Å². The predicted molar refractivity (Wildman–Crippen MR) is 167 cm³/mol. The van der Waals surface area contributed by atoms with Crippen LogP contribution in [-0.2, 0) is 42.9 Å². The molecule has 264 valence electrons. The average Bonchev–Trinajstić information content (AvgIpc) is 3.05. The zero-order valence-corrected chi connectivity index (χ0v) is 28.0. The minimum absolute atomic E-state index is 0.0480. The van der Waals surface area contributed by atoms with Gasteiger partial charge in [0.25, 0.3) is 0 Å². The van der Waals surface area contributed by atoms with Crippen molar-refractivity contribution in [2.45, 2.75) is 58.4 Å². The number of ether oxygens (including phenoxy) is 10. The third-order valence-electron chi connectivity index (χ3n) is 7.17. The summed E-state index contributed by atoms with van der Waals surface area (Å²) in [6, 6.07) is 7.61. The maximum absolute atomic E-state index is 14.4. The average molecular weight is 689 g/mol. The second-order valence-corrected chi connectivity index (χ2v) is 10.5. The highest BCUT2D eigenvalue weighted by molar-refractivity contribution is 5.89. The third-order valence-corrected chi connectivity index (χ3v) is 7.17. The molecular formula is C33H36O16. The Bertz CT molecular complexity index is 1780. The fraction of sp³-hybridized carbons (Fsp3) is 0.424. The van der Waals surface area contributed by atoms with Crippen LogP contribution in [0.5, 0.6) is 28.7 Å². The fourth-order valence-corrected chi connectivity index (χ4v) is 5.20. The van der Waals surface area contributed by atoms with Gasteiger partial charge in [-0.25, -0.2) is 0 Å². The lowest BCUT2D eigenvalue weighted by Gasteiger charge is -2.43. The zero-order valence-electron chi connectivity index (χ0n) is 28.0. The first-order valence-corrected chi connectivity index (χ1v) is 14.7. The summed E-state index contributed by atoms with van der Waals surface area (Å²) in [4.78, 5) is 63.0. The number of hydrogen-bond donors (Lipinski definition) is 0. The maximum atomic E-state index is 14.4. The molecule has 5 unspecified atom stereocenters. The Morgan fingerprint density at radius 3 is 1.88 bits per heavy atom. The Kier molecular flexibility index (Phi) is 11.6. The van der Waals surface area contributed by atoms with Crippen molar-refractivity contribution in [3.63, 3.8) is 0 Å². The number of rotatable bonds is 12. The molecule has 4 rings (SSSR count). The molecule has 0 N–H and O–H groups in total. The van der Waals surface area contributed by atoms with E-state index in [1.165, 1.54) is 46.6 Å². The van der Waals surface area contributed by atoms with Crippen LogP contribution in [0.25, 0.3) is 22.3 Å². The number of hydrogen-bond acceptors (Lipinski definition) is 16. The highest BCUT2D eigenvalue weighted by atomic mass is 16.7. The molecule has 0 amide bonds. The number of benzene rings is 2. The molecule has 16 heteroatoms. The van der Waals surface area contributed by atoms with Gasteiger partial charge in [-0.2, -0.15) is 0 Å². The van der Waals surface area contributed by atoms with Crippen LogP contribution in [0.2, 0.25) is 0 Å². The van der Waals surface area contributed by atoms with Crippen LogP contribution in [0.15, 0.2) is 39.5 Å². The summed E-state index contributed by atoms with van der Waals surface area (Å²) in [5.41, 5.74) is -0.419. The molecule has 0 aliphatic carbocycles. The van der Waals surface area contributed by atoms with Gasteiger partial charge in [-0.3, -0.25) is 24.0 Å². The SMILES string of the molecule is COc1cc(OC)c2c(=O)c(OC3OC(COC(C)=O)C(OC(C)=O)C(OC(C)=O)C3OC(C)=O)c(-c3ccc(OC)c(OC)c3)oc2c1. The molecule has 49 heavy (non-hydrogen) atoms. The van der Waals surface area contributed by atoms with Crippen molar-refractivity contribution >= 4 is 34.8 Å². The predicted octanol–water partition coefficient (Wildman–Crippen LogP) is 2.96. The normalized spacial score (nSPS) is 20.0. The molecule has 1 aliphatic rings. The van der Waals surface area contributed by atoms with Gasteiger partial charge < -0.3 is 51.8 Å². The van der Waals surface area contributed by atoms with Crippen molar-refractivity contribution in [3.05, 3.63) is 40.6 Å². The molecule has 1 aliphatic heterocycles. The van der Waals surface area contributed by atoms with Gasteiger partial charge in [0.15, 0.2) is 29.5 Å². The Morgan fingerprint density at radius 1 is 0.694 bits per heavy atom. The Balaban J connectivity index is 1.99. The summed E-state index contributed by atoms with van der Waals surface area (Å²) in [6.07, 6.45) is -7.73. The van der Waals surface area contributed by atoms with Gasteiger partial charge in [-0.05, 0) is 18.2 Å². The van der Waals surface area contributed by atoms with E-state index in [0.29, 0.717) is 11.5 Å². The van der Waals surface area contributed by atoms with Crippen molar-refractivity contribution in [3.8, 4) is 40.1 Å². The number of fused-ring (bicyclic) bond motifs is 1. The van der Waals surface area contributed by atoms with Crippen LogP contribution >= 0.6 is 0 Å². The Labute approximate surface area is 279 Å². The van der Waals surface area contributed by atoms with E-state index in [0.717, 1.165) is 27.7 Å². The molecular weight excluding hydrogens is 652 g/mol. The van der Waals surface area contributed by atoms with E-state index >= 15 is 0 Å². The van der Waals surface area contributed by atoms with Crippen LogP contribution in [-0.4, -0.2) is 89.6 Å². The minimum Gasteiger partial charge on any atom is -0.496 e. The van der Waals surface area contributed by atoms with Gasteiger partial charge in [0, 0.05) is 45.4 Å². The summed E-state index contributed by atoms with van der Waals surface area (Å²) in [7, 11) is 5.64. The molecule has 5 atom stereocenters. The quantitative estimate of drug-likeness (QED) is 0.199. The van der Waals surface area contributed by atoms with Crippen LogP contribution in [0.3, 0.4) is 0 Å². The van der Waals surface area contributed by atoms with E-state index in [1.807, 2.05) is 0 Å². The van der Waals surface area contributed by atoms with Crippen molar-refractivity contribution in [2.24, 2.45) is 0 Å². The monoisotopic (exact) mass is 688 g/mol. The van der Waals surface area contributed by atoms with Crippen molar-refractivity contribution in [2.75, 3.05) is 35.0 Å². The second-order valence-electron chi connectivity index (χ2n) is 10.5. The van der Waals surface area contributed by atoms with Crippen LogP contribution in [0, 0.1) is 0 Å². The summed E-state index contributed by atoms with van der Waals surface area (Å²) in [6.45, 7) is 3.87. The van der Waals surface area contributed by atoms with E-state index in [1.54, 1.807) is 12.1 Å². The summed E-state index contributed by atoms with van der Waals surface area (Å²) in [5, 5.41) is -0.0480. The number of carbonyl (C=O) groups is 4. The minimum atomic E-state index is -1.75. The highest BCUT2D eigenvalue weighted by Crippen LogP contribution is 2.41. The standard InChI is InChI=1S/C33H36O16/c1-15(34)43-14-25-29(44-16(2)35)31(45-17(3)36)32(46-18(4)37)33(48-25)49-30-27(38)26-23(42-8)12-20(39-5)13-24(26)47-28(30)19-9-10-21(40-6)22(11-19)41-7/h9-13,25,29,31-33H,14H2,1-8H3.